The molecule has 4 aromatic carbocycles. The molecule has 66 heavy (non-hydrogen) atoms. The van der Waals surface area contributed by atoms with Crippen LogP contribution in [0.25, 0.3) is 0 Å². The Morgan fingerprint density at radius 3 is 1.83 bits per heavy atom. The van der Waals surface area contributed by atoms with Crippen LogP contribution in [0.15, 0.2) is 110 Å². The van der Waals surface area contributed by atoms with Crippen molar-refractivity contribution in [3.8, 4) is 11.5 Å². The summed E-state index contributed by atoms with van der Waals surface area (Å²) in [6, 6.07) is 19.3. The number of sulfone groups is 1. The first kappa shape index (κ1) is 55.5. The number of aromatic carboxylic acids is 1. The van der Waals surface area contributed by atoms with Gasteiger partial charge in [0.15, 0.2) is 0 Å². The fourth-order valence-electron chi connectivity index (χ4n) is 7.06. The first-order valence-corrected chi connectivity index (χ1v) is 25.3. The summed E-state index contributed by atoms with van der Waals surface area (Å²) in [5.74, 6) is -2.99. The Hall–Kier alpha value is -4.78. The van der Waals surface area contributed by atoms with E-state index >= 15 is 0 Å². The van der Waals surface area contributed by atoms with Gasteiger partial charge in [0, 0.05) is 16.8 Å². The van der Waals surface area contributed by atoms with E-state index in [2.05, 4.69) is 33.3 Å². The monoisotopic (exact) mass is 955 g/mol. The number of unbranched alkanes of at least 4 members (excludes halogenated alkanes) is 14. The maximum absolute atomic E-state index is 14.2. The molecule has 0 fully saturated rings. The van der Waals surface area contributed by atoms with Crippen LogP contribution in [-0.4, -0.2) is 56.4 Å². The number of anilines is 3. The average Bonchev–Trinajstić information content (AvgIpc) is 3.28. The van der Waals surface area contributed by atoms with Crippen LogP contribution >= 0.6 is 0 Å². The van der Waals surface area contributed by atoms with E-state index in [4.69, 9.17) is 4.74 Å². The van der Waals surface area contributed by atoms with Crippen LogP contribution in [0.5, 0.6) is 11.5 Å². The van der Waals surface area contributed by atoms with E-state index in [1.807, 2.05) is 0 Å². The first-order valence-electron chi connectivity index (χ1n) is 22.3. The fraction of sp³-hybridized carbons (Fsp3) is 0.417. The van der Waals surface area contributed by atoms with Crippen molar-refractivity contribution in [3.63, 3.8) is 0 Å². The molecule has 0 aliphatic heterocycles. The van der Waals surface area contributed by atoms with Gasteiger partial charge in [0.05, 0.1) is 45.2 Å². The number of hydrazone groups is 2. The number of benzene rings is 4. The zero-order valence-electron chi connectivity index (χ0n) is 38.5. The minimum atomic E-state index is -4.64. The van der Waals surface area contributed by atoms with Gasteiger partial charge in [-0.3, -0.25) is 20.2 Å². The molecule has 0 heterocycles. The predicted octanol–water partition coefficient (Wildman–Crippen LogP) is 7.01. The second kappa shape index (κ2) is 28.4. The van der Waals surface area contributed by atoms with Crippen molar-refractivity contribution < 1.29 is 75.5 Å². The molecule has 0 aliphatic rings. The average molecular weight is 956 g/mol. The number of carbonyl (C=O) groups is 2. The van der Waals surface area contributed by atoms with E-state index in [0.717, 1.165) is 50.3 Å². The van der Waals surface area contributed by atoms with Crippen LogP contribution < -0.4 is 55.6 Å². The van der Waals surface area contributed by atoms with Crippen molar-refractivity contribution in [3.05, 3.63) is 96.1 Å². The summed E-state index contributed by atoms with van der Waals surface area (Å²) >= 11 is 0. The topological polar surface area (TPSA) is 236 Å². The SMILES string of the molecule is CCCCCCCCCCCCCCCCCC(=N/Nc1ccc(OCC)c(S(=O)(=O)O)c1)/C(C)=N/Nc1ccc(NC(=O)c2ccccc2)cc1S(=O)(=O)c1ccc(O)c(C(=O)[O-])c1.[Na+]. The van der Waals surface area contributed by atoms with E-state index in [9.17, 15) is 41.2 Å². The van der Waals surface area contributed by atoms with Gasteiger partial charge in [0.2, 0.25) is 9.84 Å². The normalized spacial score (nSPS) is 12.0. The minimum absolute atomic E-state index is 0. The first-order chi connectivity index (χ1) is 31.1. The van der Waals surface area contributed by atoms with Gasteiger partial charge in [-0.2, -0.15) is 18.6 Å². The maximum Gasteiger partial charge on any atom is 1.00 e. The van der Waals surface area contributed by atoms with E-state index in [0.29, 0.717) is 23.4 Å². The van der Waals surface area contributed by atoms with Crippen LogP contribution in [0.4, 0.5) is 17.1 Å². The number of aromatic hydroxyl groups is 1. The molecule has 0 aliphatic carbocycles. The van der Waals surface area contributed by atoms with Crippen molar-refractivity contribution in [2.45, 2.75) is 138 Å². The molecule has 0 saturated carbocycles. The molecule has 0 unspecified atom stereocenters. The van der Waals surface area contributed by atoms with Crippen LogP contribution in [-0.2, 0) is 20.0 Å². The summed E-state index contributed by atoms with van der Waals surface area (Å²) in [5, 5.41) is 33.6. The largest absolute Gasteiger partial charge is 1.00 e. The van der Waals surface area contributed by atoms with Crippen molar-refractivity contribution in [2.24, 2.45) is 10.2 Å². The molecule has 0 bridgehead atoms. The number of carbonyl (C=O) groups excluding carboxylic acids is 2. The molecule has 5 N–H and O–H groups in total. The number of carboxylic acid groups (broad SMARTS) is 1. The molecule has 1 amide bonds. The van der Waals surface area contributed by atoms with E-state index in [-0.39, 0.29) is 63.9 Å². The van der Waals surface area contributed by atoms with Gasteiger partial charge in [-0.05, 0) is 93.4 Å². The Balaban J connectivity index is 0.0000116. The summed E-state index contributed by atoms with van der Waals surface area (Å²) < 4.78 is 68.1. The van der Waals surface area contributed by atoms with E-state index in [1.165, 1.54) is 94.5 Å². The van der Waals surface area contributed by atoms with Crippen molar-refractivity contribution in [1.82, 2.24) is 0 Å². The van der Waals surface area contributed by atoms with Gasteiger partial charge in [-0.25, -0.2) is 8.42 Å². The Labute approximate surface area is 411 Å². The quantitative estimate of drug-likeness (QED) is 0.0122. The standard InChI is InChI=1S/C48H63N5O10S2.Na/c1-4-6-7-8-9-10-11-12-13-14-15-16-17-18-22-25-41(52-51-38-27-31-44(63-5-2)46(33-38)65(60,61)62)35(3)50-53-42-29-26-37(49-47(55)36-23-20-19-21-24-36)32-45(42)64(58,59)39-28-30-43(54)40(34-39)48(56)57;/h19-21,23-24,26-34,51,53-54H,4-18,22,25H2,1-3H3,(H,49,55)(H,56,57)(H,60,61,62);/q;+1/p-1/b50-35+,52-41-;. The molecule has 0 saturated heterocycles. The molecule has 0 radical (unpaired) electrons. The zero-order chi connectivity index (χ0) is 47.2. The van der Waals surface area contributed by atoms with Crippen LogP contribution in [0.1, 0.15) is 144 Å². The van der Waals surface area contributed by atoms with Crippen molar-refractivity contribution in [2.75, 3.05) is 22.8 Å². The number of rotatable bonds is 29. The van der Waals surface area contributed by atoms with Gasteiger partial charge in [0.1, 0.15) is 16.4 Å². The van der Waals surface area contributed by atoms with Gasteiger partial charge in [0.25, 0.3) is 16.0 Å². The summed E-state index contributed by atoms with van der Waals surface area (Å²) in [7, 11) is -9.19. The maximum atomic E-state index is 14.2. The summed E-state index contributed by atoms with van der Waals surface area (Å²) in [4.78, 5) is 23.5. The smallest absolute Gasteiger partial charge is 0.545 e. The third kappa shape index (κ3) is 17.8. The number of phenols is 1. The van der Waals surface area contributed by atoms with Crippen LogP contribution in [0.2, 0.25) is 0 Å². The molecule has 4 rings (SSSR count). The van der Waals surface area contributed by atoms with Crippen LogP contribution in [0.3, 0.4) is 0 Å². The fourth-order valence-corrected chi connectivity index (χ4v) is 9.17. The molecule has 4 aromatic rings. The van der Waals surface area contributed by atoms with Gasteiger partial charge < -0.3 is 25.1 Å². The third-order valence-electron chi connectivity index (χ3n) is 10.7. The molecule has 352 valence electrons. The Morgan fingerprint density at radius 1 is 0.682 bits per heavy atom. The van der Waals surface area contributed by atoms with Crippen molar-refractivity contribution in [1.29, 1.82) is 0 Å². The predicted molar refractivity (Wildman–Crippen MR) is 253 cm³/mol. The minimum Gasteiger partial charge on any atom is -0.545 e. The third-order valence-corrected chi connectivity index (χ3v) is 13.3. The molecule has 0 atom stereocenters. The molecular weight excluding hydrogens is 894 g/mol. The molecular formula is C48H62N5NaO10S2. The zero-order valence-corrected chi connectivity index (χ0v) is 42.1. The Kier molecular flexibility index (Phi) is 23.9. The summed E-state index contributed by atoms with van der Waals surface area (Å²) in [6.45, 7) is 5.75. The second-order valence-electron chi connectivity index (χ2n) is 15.7. The van der Waals surface area contributed by atoms with E-state index in [1.54, 1.807) is 50.2 Å². The number of nitrogens with zero attached hydrogens (tertiary/aromatic N) is 2. The molecule has 15 nitrogen and oxygen atoms in total. The number of hydrogen-bond acceptors (Lipinski definition) is 13. The van der Waals surface area contributed by atoms with Gasteiger partial charge in [-0.15, -0.1) is 0 Å². The van der Waals surface area contributed by atoms with Gasteiger partial charge >= 0.3 is 29.6 Å². The summed E-state index contributed by atoms with van der Waals surface area (Å²) in [6.07, 6.45) is 18.3. The number of nitrogens with one attached hydrogen (secondary N) is 3. The van der Waals surface area contributed by atoms with Gasteiger partial charge in [-0.1, -0.05) is 115 Å². The molecule has 0 aromatic heterocycles. The number of amides is 1. The number of carboxylic acids is 1. The number of hydrogen-bond donors (Lipinski definition) is 5. The van der Waals surface area contributed by atoms with Crippen molar-refractivity contribution >= 4 is 60.3 Å². The second-order valence-corrected chi connectivity index (χ2v) is 19.1. The Morgan fingerprint density at radius 2 is 1.26 bits per heavy atom. The van der Waals surface area contributed by atoms with E-state index < -0.39 is 52.9 Å². The molecule has 18 heteroatoms. The Bertz CT molecular complexity index is 2480. The van der Waals surface area contributed by atoms with Crippen LogP contribution in [0, 0.1) is 0 Å². The molecule has 0 spiro atoms. The summed E-state index contributed by atoms with van der Waals surface area (Å²) in [5.41, 5.74) is 6.39. The number of ether oxygens (including phenoxy) is 1.